The van der Waals surface area contributed by atoms with Crippen LogP contribution in [0.2, 0.25) is 0 Å². The Morgan fingerprint density at radius 3 is 2.64 bits per heavy atom. The number of aromatic nitrogens is 2. The summed E-state index contributed by atoms with van der Waals surface area (Å²) in [5.41, 5.74) is -0.657. The fourth-order valence-electron chi connectivity index (χ4n) is 1.89. The van der Waals surface area contributed by atoms with Crippen LogP contribution in [0.3, 0.4) is 0 Å². The van der Waals surface area contributed by atoms with Gasteiger partial charge in [-0.15, -0.1) is 0 Å². The molecule has 5 N–H and O–H groups in total. The number of hydrogen-bond acceptors (Lipinski definition) is 7. The largest absolute Gasteiger partial charge is 1.00 e. The van der Waals surface area contributed by atoms with Crippen LogP contribution in [0.25, 0.3) is 0 Å². The number of aliphatic hydroxyl groups is 2. The fraction of sp³-hybridized carbons (Fsp3) is 0.556. The number of ether oxygens (including phenoxy) is 1. The molecule has 1 fully saturated rings. The van der Waals surface area contributed by atoms with Crippen molar-refractivity contribution in [2.75, 3.05) is 6.61 Å². The molecular formula is C9H14N2NaO8PS. The first kappa shape index (κ1) is 20.1. The minimum absolute atomic E-state index is 0. The van der Waals surface area contributed by atoms with Crippen LogP contribution in [0.4, 0.5) is 0 Å². The minimum Gasteiger partial charge on any atom is -1.00 e. The number of aliphatic hydroxyl groups excluding tert-OH is 2. The van der Waals surface area contributed by atoms with Gasteiger partial charge in [0.15, 0.2) is 6.23 Å². The summed E-state index contributed by atoms with van der Waals surface area (Å²) in [5.74, 6) is 0. The predicted octanol–water partition coefficient (Wildman–Crippen LogP) is -4.25. The van der Waals surface area contributed by atoms with Gasteiger partial charge in [0, 0.05) is 6.20 Å². The number of phosphoric ester groups is 1. The second-order valence-corrected chi connectivity index (χ2v) is 6.03. The Bertz CT molecular complexity index is 680. The number of aromatic amines is 1. The molecule has 1 aliphatic heterocycles. The Hall–Kier alpha value is 0.0900. The van der Waals surface area contributed by atoms with E-state index in [1.807, 2.05) is 0 Å². The summed E-state index contributed by atoms with van der Waals surface area (Å²) in [6.07, 6.45) is -4.11. The summed E-state index contributed by atoms with van der Waals surface area (Å²) in [5, 5.41) is 19.7. The fourth-order valence-corrected chi connectivity index (χ4v) is 2.38. The molecule has 0 spiro atoms. The maximum Gasteiger partial charge on any atom is 1.00 e. The predicted molar refractivity (Wildman–Crippen MR) is 70.9 cm³/mol. The normalized spacial score (nSPS) is 28.4. The van der Waals surface area contributed by atoms with Gasteiger partial charge in [-0.25, -0.2) is 9.36 Å². The van der Waals surface area contributed by atoms with Crippen LogP contribution < -0.4 is 35.2 Å². The molecule has 0 aromatic carbocycles. The van der Waals surface area contributed by atoms with Gasteiger partial charge in [-0.3, -0.25) is 14.1 Å². The molecule has 0 amide bonds. The van der Waals surface area contributed by atoms with E-state index in [0.29, 0.717) is 0 Å². The van der Waals surface area contributed by atoms with E-state index < -0.39 is 44.7 Å². The Morgan fingerprint density at radius 2 is 2.09 bits per heavy atom. The molecule has 1 aliphatic rings. The maximum absolute atomic E-state index is 11.7. The van der Waals surface area contributed by atoms with Crippen molar-refractivity contribution in [3.63, 3.8) is 0 Å². The Balaban J connectivity index is 0.00000242. The summed E-state index contributed by atoms with van der Waals surface area (Å²) in [6, 6.07) is 1.39. The Kier molecular flexibility index (Phi) is 7.12. The number of nitrogens with one attached hydrogen (secondary N) is 1. The van der Waals surface area contributed by atoms with E-state index in [0.717, 1.165) is 4.57 Å². The third-order valence-electron chi connectivity index (χ3n) is 2.87. The van der Waals surface area contributed by atoms with E-state index in [1.54, 1.807) is 0 Å². The van der Waals surface area contributed by atoms with E-state index in [1.165, 1.54) is 12.3 Å². The number of hydrogen-bond donors (Lipinski definition) is 5. The van der Waals surface area contributed by atoms with Crippen LogP contribution in [-0.4, -0.2) is 54.5 Å². The molecule has 2 rings (SSSR count). The second-order valence-electron chi connectivity index (χ2n) is 4.35. The molecule has 10 nitrogen and oxygen atoms in total. The van der Waals surface area contributed by atoms with Crippen molar-refractivity contribution < 1.29 is 64.8 Å². The molecule has 4 atom stereocenters. The van der Waals surface area contributed by atoms with E-state index in [4.69, 9.17) is 26.7 Å². The third-order valence-corrected chi connectivity index (χ3v) is 3.59. The Labute approximate surface area is 152 Å². The SMILES string of the molecule is O=c1[nH]c(=S)ccn1[C@H]1O[C@@H](COP(=O)(O)O)C(O)C1O.[H-].[Na+]. The molecule has 0 bridgehead atoms. The van der Waals surface area contributed by atoms with Gasteiger partial charge in [-0.2, -0.15) is 0 Å². The number of H-pyrrole nitrogens is 1. The number of phosphoric acid groups is 1. The van der Waals surface area contributed by atoms with Crippen molar-refractivity contribution in [2.24, 2.45) is 0 Å². The van der Waals surface area contributed by atoms with Gasteiger partial charge in [0.2, 0.25) is 0 Å². The zero-order valence-corrected chi connectivity index (χ0v) is 15.1. The molecule has 0 aliphatic carbocycles. The standard InChI is InChI=1S/C9H13N2O8PS.Na.H/c12-6-4(3-18-20(15,16)17)19-8(7(6)13)11-2-1-5(21)10-9(11)14;;/h1-2,4,6-8,12-13H,3H2,(H,10,14,21)(H2,15,16,17);;/q;+1;-1/t4-,6?,7?,8-;;/m0../s1. The zero-order valence-electron chi connectivity index (χ0n) is 12.4. The summed E-state index contributed by atoms with van der Waals surface area (Å²) in [4.78, 5) is 31.2. The average Bonchev–Trinajstić information content (AvgIpc) is 2.64. The minimum atomic E-state index is -4.73. The Morgan fingerprint density at radius 1 is 1.45 bits per heavy atom. The first-order valence-electron chi connectivity index (χ1n) is 5.72. The van der Waals surface area contributed by atoms with Gasteiger partial charge in [0.1, 0.15) is 23.0 Å². The third kappa shape index (κ3) is 4.79. The van der Waals surface area contributed by atoms with E-state index in [9.17, 15) is 19.6 Å². The van der Waals surface area contributed by atoms with E-state index in [-0.39, 0.29) is 35.6 Å². The molecule has 2 unspecified atom stereocenters. The first-order chi connectivity index (χ1) is 9.69. The van der Waals surface area contributed by atoms with E-state index in [2.05, 4.69) is 9.51 Å². The maximum atomic E-state index is 11.7. The van der Waals surface area contributed by atoms with Crippen molar-refractivity contribution in [3.8, 4) is 0 Å². The average molecular weight is 364 g/mol. The first-order valence-corrected chi connectivity index (χ1v) is 7.66. The molecule has 120 valence electrons. The van der Waals surface area contributed by atoms with Crippen molar-refractivity contribution in [1.29, 1.82) is 0 Å². The topological polar surface area (TPSA) is 154 Å². The van der Waals surface area contributed by atoms with Gasteiger partial charge in [0.25, 0.3) is 0 Å². The van der Waals surface area contributed by atoms with Crippen molar-refractivity contribution in [1.82, 2.24) is 9.55 Å². The molecule has 13 heteroatoms. The molecule has 2 heterocycles. The van der Waals surface area contributed by atoms with Crippen molar-refractivity contribution in [3.05, 3.63) is 27.4 Å². The van der Waals surface area contributed by atoms with Crippen LogP contribution in [0.1, 0.15) is 7.65 Å². The molecule has 22 heavy (non-hydrogen) atoms. The molecule has 0 radical (unpaired) electrons. The zero-order chi connectivity index (χ0) is 15.8. The van der Waals surface area contributed by atoms with Gasteiger partial charge in [-0.05, 0) is 6.07 Å². The van der Waals surface area contributed by atoms with Crippen LogP contribution in [-0.2, 0) is 13.8 Å². The quantitative estimate of drug-likeness (QED) is 0.203. The monoisotopic (exact) mass is 364 g/mol. The van der Waals surface area contributed by atoms with Crippen molar-refractivity contribution in [2.45, 2.75) is 24.5 Å². The summed E-state index contributed by atoms with van der Waals surface area (Å²) < 4.78 is 21.2. The van der Waals surface area contributed by atoms with Gasteiger partial charge < -0.3 is 26.2 Å². The number of rotatable bonds is 4. The molecule has 1 saturated heterocycles. The molecular weight excluding hydrogens is 350 g/mol. The number of nitrogens with zero attached hydrogens (tertiary/aromatic N) is 1. The molecule has 0 saturated carbocycles. The van der Waals surface area contributed by atoms with Gasteiger partial charge in [0.05, 0.1) is 6.61 Å². The second kappa shape index (κ2) is 7.77. The van der Waals surface area contributed by atoms with Crippen LogP contribution in [0.15, 0.2) is 17.1 Å². The molecule has 1 aromatic rings. The van der Waals surface area contributed by atoms with Crippen LogP contribution in [0, 0.1) is 4.64 Å². The van der Waals surface area contributed by atoms with Gasteiger partial charge in [-0.1, -0.05) is 12.2 Å². The smallest absolute Gasteiger partial charge is 1.00 e. The summed E-state index contributed by atoms with van der Waals surface area (Å²) in [7, 11) is -4.73. The van der Waals surface area contributed by atoms with E-state index >= 15 is 0 Å². The molecule has 1 aromatic heterocycles. The van der Waals surface area contributed by atoms with Gasteiger partial charge >= 0.3 is 43.1 Å². The van der Waals surface area contributed by atoms with Crippen molar-refractivity contribution >= 4 is 20.0 Å². The summed E-state index contributed by atoms with van der Waals surface area (Å²) in [6.45, 7) is -0.642. The van der Waals surface area contributed by atoms with Crippen LogP contribution >= 0.6 is 20.0 Å². The summed E-state index contributed by atoms with van der Waals surface area (Å²) >= 11 is 4.76. The van der Waals surface area contributed by atoms with Crippen LogP contribution in [0.5, 0.6) is 0 Å².